The van der Waals surface area contributed by atoms with Crippen LogP contribution in [0.5, 0.6) is 0 Å². The lowest BCUT2D eigenvalue weighted by Crippen LogP contribution is -2.31. The summed E-state index contributed by atoms with van der Waals surface area (Å²) >= 11 is 1.34. The maximum atomic E-state index is 12.7. The lowest BCUT2D eigenvalue weighted by molar-refractivity contribution is -0.116. The van der Waals surface area contributed by atoms with Crippen molar-refractivity contribution < 1.29 is 27.5 Å². The molecule has 2 aromatic rings. The van der Waals surface area contributed by atoms with E-state index in [9.17, 15) is 22.8 Å². The van der Waals surface area contributed by atoms with Gasteiger partial charge in [0, 0.05) is 11.3 Å². The molecule has 0 aliphatic heterocycles. The van der Waals surface area contributed by atoms with Crippen LogP contribution < -0.4 is 10.6 Å². The molecule has 10 heteroatoms. The van der Waals surface area contributed by atoms with E-state index in [1.54, 1.807) is 24.3 Å². The molecule has 1 aromatic heterocycles. The number of carbonyl (C=O) groups is 3. The number of hydrogen-bond acceptors (Lipinski definition) is 7. The van der Waals surface area contributed by atoms with Gasteiger partial charge < -0.3 is 10.1 Å². The molecule has 0 fully saturated rings. The van der Waals surface area contributed by atoms with Gasteiger partial charge in [-0.1, -0.05) is 36.8 Å². The molecular weight excluding hydrogens is 464 g/mol. The van der Waals surface area contributed by atoms with Gasteiger partial charge in [0.15, 0.2) is 9.84 Å². The van der Waals surface area contributed by atoms with Gasteiger partial charge in [-0.05, 0) is 43.2 Å². The van der Waals surface area contributed by atoms with Gasteiger partial charge in [0.2, 0.25) is 5.91 Å². The maximum absolute atomic E-state index is 12.7. The van der Waals surface area contributed by atoms with Crippen LogP contribution in [-0.4, -0.2) is 39.2 Å². The van der Waals surface area contributed by atoms with Gasteiger partial charge in [-0.2, -0.15) is 0 Å². The number of amides is 3. The molecule has 0 bridgehead atoms. The Bertz CT molecular complexity index is 1110. The van der Waals surface area contributed by atoms with Crippen LogP contribution in [0.4, 0.5) is 9.80 Å². The van der Waals surface area contributed by atoms with E-state index in [2.05, 4.69) is 15.4 Å². The quantitative estimate of drug-likeness (QED) is 0.541. The number of methoxy groups -OCH3 is 1. The zero-order chi connectivity index (χ0) is 23.8. The van der Waals surface area contributed by atoms with Crippen LogP contribution in [0.25, 0.3) is 0 Å². The number of rotatable bonds is 8. The number of hydrogen-bond donors (Lipinski definition) is 2. The third-order valence-corrected chi connectivity index (χ3v) is 8.28. The Labute approximate surface area is 197 Å². The number of ether oxygens (including phenoxy) is 1. The third-order valence-electron chi connectivity index (χ3n) is 5.39. The summed E-state index contributed by atoms with van der Waals surface area (Å²) in [5, 5.41) is 5.34. The zero-order valence-corrected chi connectivity index (χ0v) is 20.1. The molecule has 0 atom stereocenters. The van der Waals surface area contributed by atoms with Crippen LogP contribution in [-0.2, 0) is 38.0 Å². The summed E-state index contributed by atoms with van der Waals surface area (Å²) in [4.78, 5) is 37.9. The van der Waals surface area contributed by atoms with Crippen molar-refractivity contribution in [2.75, 3.05) is 18.2 Å². The van der Waals surface area contributed by atoms with Crippen molar-refractivity contribution in [3.05, 3.63) is 51.9 Å². The van der Waals surface area contributed by atoms with E-state index in [4.69, 9.17) is 0 Å². The van der Waals surface area contributed by atoms with Crippen LogP contribution in [0.1, 0.15) is 58.5 Å². The minimum atomic E-state index is -3.34. The fourth-order valence-electron chi connectivity index (χ4n) is 3.82. The third kappa shape index (κ3) is 7.13. The van der Waals surface area contributed by atoms with Gasteiger partial charge in [0.25, 0.3) is 5.91 Å². The van der Waals surface area contributed by atoms with E-state index in [1.807, 2.05) is 6.07 Å². The second kappa shape index (κ2) is 11.4. The predicted molar refractivity (Wildman–Crippen MR) is 127 cm³/mol. The fourth-order valence-corrected chi connectivity index (χ4v) is 6.55. The fraction of sp³-hybridized carbons (Fsp3) is 0.435. The largest absolute Gasteiger partial charge is 0.453 e. The molecule has 1 aliphatic rings. The van der Waals surface area contributed by atoms with Crippen LogP contribution in [0.2, 0.25) is 0 Å². The highest BCUT2D eigenvalue weighted by molar-refractivity contribution is 7.90. The zero-order valence-electron chi connectivity index (χ0n) is 18.5. The van der Waals surface area contributed by atoms with Crippen molar-refractivity contribution in [3.8, 4) is 0 Å². The predicted octanol–water partition coefficient (Wildman–Crippen LogP) is 3.85. The summed E-state index contributed by atoms with van der Waals surface area (Å²) in [6, 6.07) is 8.91. The number of aryl methyl sites for hydroxylation is 1. The molecule has 3 rings (SSSR count). The molecule has 2 N–H and O–H groups in total. The minimum Gasteiger partial charge on any atom is -0.453 e. The number of fused-ring (bicyclic) bond motifs is 1. The second-order valence-electron chi connectivity index (χ2n) is 7.94. The molecule has 178 valence electrons. The van der Waals surface area contributed by atoms with Crippen molar-refractivity contribution >= 4 is 44.1 Å². The standard InChI is InChI=1S/C23H28N2O6S2/c1-31-23(28)25-21(27)20-17-11-6-3-7-12-18(17)32-22(20)24-19(26)13-8-14-33(29,30)15-16-9-4-2-5-10-16/h2,4-5,9-10H,3,6-8,11-15H2,1H3,(H,24,26)(H,25,27,28). The van der Waals surface area contributed by atoms with Crippen molar-refractivity contribution in [1.29, 1.82) is 0 Å². The number of anilines is 1. The van der Waals surface area contributed by atoms with E-state index in [0.29, 0.717) is 22.5 Å². The Morgan fingerprint density at radius 2 is 1.79 bits per heavy atom. The Morgan fingerprint density at radius 3 is 2.52 bits per heavy atom. The molecule has 8 nitrogen and oxygen atoms in total. The number of imide groups is 1. The number of sulfone groups is 1. The van der Waals surface area contributed by atoms with Gasteiger partial charge in [0.05, 0.1) is 24.2 Å². The highest BCUT2D eigenvalue weighted by Gasteiger charge is 2.27. The summed E-state index contributed by atoms with van der Waals surface area (Å²) in [5.74, 6) is -1.15. The first kappa shape index (κ1) is 24.9. The van der Waals surface area contributed by atoms with Gasteiger partial charge in [-0.25, -0.2) is 13.2 Å². The number of carbonyl (C=O) groups excluding carboxylic acids is 3. The Hall–Kier alpha value is -2.72. The average molecular weight is 493 g/mol. The Balaban J connectivity index is 1.65. The highest BCUT2D eigenvalue weighted by Crippen LogP contribution is 2.37. The molecule has 0 radical (unpaired) electrons. The summed E-state index contributed by atoms with van der Waals surface area (Å²) in [6.07, 6.45) is 3.81. The first-order valence-corrected chi connectivity index (χ1v) is 13.5. The maximum Gasteiger partial charge on any atom is 0.413 e. The summed E-state index contributed by atoms with van der Waals surface area (Å²) in [5.41, 5.74) is 1.87. The lowest BCUT2D eigenvalue weighted by atomic mass is 10.0. The molecule has 0 saturated carbocycles. The van der Waals surface area contributed by atoms with Gasteiger partial charge in [0.1, 0.15) is 5.00 Å². The normalized spacial score (nSPS) is 13.5. The SMILES string of the molecule is COC(=O)NC(=O)c1c(NC(=O)CCCS(=O)(=O)Cc2ccccc2)sc2c1CCCCC2. The molecule has 0 unspecified atom stereocenters. The summed E-state index contributed by atoms with van der Waals surface area (Å²) in [7, 11) is -2.17. The molecule has 1 aliphatic carbocycles. The first-order valence-electron chi connectivity index (χ1n) is 10.9. The molecule has 1 aromatic carbocycles. The van der Waals surface area contributed by atoms with E-state index < -0.39 is 21.8 Å². The summed E-state index contributed by atoms with van der Waals surface area (Å²) in [6.45, 7) is 0. The van der Waals surface area contributed by atoms with E-state index >= 15 is 0 Å². The molecule has 0 spiro atoms. The van der Waals surface area contributed by atoms with Gasteiger partial charge >= 0.3 is 6.09 Å². The Kier molecular flexibility index (Phi) is 8.62. The van der Waals surface area contributed by atoms with E-state index in [-0.39, 0.29) is 30.3 Å². The van der Waals surface area contributed by atoms with Crippen molar-refractivity contribution in [1.82, 2.24) is 5.32 Å². The van der Waals surface area contributed by atoms with Crippen LogP contribution in [0.3, 0.4) is 0 Å². The monoisotopic (exact) mass is 492 g/mol. The molecular formula is C23H28N2O6S2. The smallest absolute Gasteiger partial charge is 0.413 e. The Morgan fingerprint density at radius 1 is 1.06 bits per heavy atom. The lowest BCUT2D eigenvalue weighted by Gasteiger charge is -2.09. The van der Waals surface area contributed by atoms with E-state index in [0.717, 1.165) is 36.1 Å². The first-order chi connectivity index (χ1) is 15.8. The molecule has 3 amide bonds. The van der Waals surface area contributed by atoms with Gasteiger partial charge in [-0.3, -0.25) is 14.9 Å². The topological polar surface area (TPSA) is 119 Å². The molecule has 33 heavy (non-hydrogen) atoms. The van der Waals surface area contributed by atoms with Gasteiger partial charge in [-0.15, -0.1) is 11.3 Å². The highest BCUT2D eigenvalue weighted by atomic mass is 32.2. The number of benzene rings is 1. The van der Waals surface area contributed by atoms with Crippen molar-refractivity contribution in [2.24, 2.45) is 0 Å². The van der Waals surface area contributed by atoms with Crippen LogP contribution >= 0.6 is 11.3 Å². The van der Waals surface area contributed by atoms with Crippen molar-refractivity contribution in [2.45, 2.75) is 50.7 Å². The number of nitrogens with one attached hydrogen (secondary N) is 2. The van der Waals surface area contributed by atoms with Crippen LogP contribution in [0, 0.1) is 0 Å². The minimum absolute atomic E-state index is 0.00858. The number of alkyl carbamates (subject to hydrolysis) is 1. The van der Waals surface area contributed by atoms with Crippen molar-refractivity contribution in [3.63, 3.8) is 0 Å². The van der Waals surface area contributed by atoms with Crippen LogP contribution in [0.15, 0.2) is 30.3 Å². The molecule has 1 heterocycles. The summed E-state index contributed by atoms with van der Waals surface area (Å²) < 4.78 is 29.2. The second-order valence-corrected chi connectivity index (χ2v) is 11.2. The van der Waals surface area contributed by atoms with E-state index in [1.165, 1.54) is 18.4 Å². The average Bonchev–Trinajstić information content (AvgIpc) is 2.94. The molecule has 0 saturated heterocycles. The number of thiophene rings is 1.